The van der Waals surface area contributed by atoms with Crippen LogP contribution in [0, 0.1) is 6.92 Å². The molecule has 9 heteroatoms. The van der Waals surface area contributed by atoms with Crippen molar-refractivity contribution in [2.24, 2.45) is 0 Å². The largest absolute Gasteiger partial charge is 0.370 e. The van der Waals surface area contributed by atoms with E-state index in [4.69, 9.17) is 4.52 Å². The van der Waals surface area contributed by atoms with Gasteiger partial charge in [0.05, 0.1) is 0 Å². The van der Waals surface area contributed by atoms with Crippen LogP contribution in [0.15, 0.2) is 27.6 Å². The zero-order valence-electron chi connectivity index (χ0n) is 11.3. The predicted molar refractivity (Wildman–Crippen MR) is 73.7 cm³/mol. The summed E-state index contributed by atoms with van der Waals surface area (Å²) in [5.74, 6) is 2.31. The molecule has 0 aliphatic rings. The molecule has 3 aromatic rings. The molecule has 0 atom stereocenters. The summed E-state index contributed by atoms with van der Waals surface area (Å²) >= 11 is 0. The number of nitrogens with zero attached hydrogens (tertiary/aromatic N) is 4. The van der Waals surface area contributed by atoms with Crippen molar-refractivity contribution in [3.05, 3.63) is 40.5 Å². The highest BCUT2D eigenvalue weighted by atomic mass is 16.5. The molecule has 0 unspecified atom stereocenters. The van der Waals surface area contributed by atoms with Crippen molar-refractivity contribution in [3.63, 3.8) is 0 Å². The lowest BCUT2D eigenvalue weighted by Gasteiger charge is -2.04. The lowest BCUT2D eigenvalue weighted by Crippen LogP contribution is -2.08. The van der Waals surface area contributed by atoms with Gasteiger partial charge in [-0.05, 0) is 19.1 Å². The second-order valence-corrected chi connectivity index (χ2v) is 4.38. The maximum absolute atomic E-state index is 10.9. The second-order valence-electron chi connectivity index (χ2n) is 4.38. The van der Waals surface area contributed by atoms with E-state index >= 15 is 0 Å². The number of hydrogen-bond donors (Lipinski definition) is 3. The lowest BCUT2D eigenvalue weighted by molar-refractivity contribution is 0.425. The van der Waals surface area contributed by atoms with Crippen LogP contribution in [0.2, 0.25) is 0 Å². The maximum Gasteiger partial charge on any atom is 0.340 e. The second kappa shape index (κ2) is 5.57. The average Bonchev–Trinajstić information content (AvgIpc) is 3.08. The van der Waals surface area contributed by atoms with Crippen molar-refractivity contribution >= 4 is 5.82 Å². The molecule has 0 aliphatic heterocycles. The molecule has 0 amide bonds. The first-order chi connectivity index (χ1) is 10.2. The Morgan fingerprint density at radius 3 is 3.05 bits per heavy atom. The van der Waals surface area contributed by atoms with Gasteiger partial charge in [-0.2, -0.15) is 10.1 Å². The van der Waals surface area contributed by atoms with Gasteiger partial charge in [-0.3, -0.25) is 4.98 Å². The summed E-state index contributed by atoms with van der Waals surface area (Å²) in [6.07, 6.45) is 2.23. The Hall–Kier alpha value is -2.97. The molecule has 0 radical (unpaired) electrons. The molecule has 3 N–H and O–H groups in total. The monoisotopic (exact) mass is 287 g/mol. The van der Waals surface area contributed by atoms with E-state index < -0.39 is 0 Å². The summed E-state index contributed by atoms with van der Waals surface area (Å²) in [4.78, 5) is 21.9. The summed E-state index contributed by atoms with van der Waals surface area (Å²) in [7, 11) is 0. The number of H-pyrrole nitrogens is 2. The van der Waals surface area contributed by atoms with E-state index in [2.05, 4.69) is 35.6 Å². The van der Waals surface area contributed by atoms with Crippen LogP contribution in [-0.4, -0.2) is 36.9 Å². The molecule has 0 spiro atoms. The summed E-state index contributed by atoms with van der Waals surface area (Å²) in [5, 5.41) is 13.0. The lowest BCUT2D eigenvalue weighted by atomic mass is 10.2. The molecular weight excluding hydrogens is 274 g/mol. The molecule has 0 bridgehead atoms. The van der Waals surface area contributed by atoms with Gasteiger partial charge < -0.3 is 9.84 Å². The van der Waals surface area contributed by atoms with Crippen LogP contribution in [0.25, 0.3) is 11.5 Å². The van der Waals surface area contributed by atoms with Crippen molar-refractivity contribution in [2.45, 2.75) is 13.3 Å². The van der Waals surface area contributed by atoms with E-state index in [1.54, 1.807) is 19.2 Å². The van der Waals surface area contributed by atoms with Gasteiger partial charge >= 0.3 is 5.69 Å². The van der Waals surface area contributed by atoms with E-state index in [0.29, 0.717) is 36.3 Å². The number of aromatic nitrogens is 6. The molecule has 3 rings (SSSR count). The summed E-state index contributed by atoms with van der Waals surface area (Å²) in [6.45, 7) is 2.35. The normalized spacial score (nSPS) is 10.7. The van der Waals surface area contributed by atoms with Crippen molar-refractivity contribution in [1.29, 1.82) is 0 Å². The summed E-state index contributed by atoms with van der Waals surface area (Å²) in [6, 6.07) is 3.61. The fourth-order valence-electron chi connectivity index (χ4n) is 1.81. The fraction of sp³-hybridized carbons (Fsp3) is 0.250. The zero-order valence-corrected chi connectivity index (χ0v) is 11.3. The number of anilines is 1. The molecular formula is C12H13N7O2. The molecule has 0 saturated carbocycles. The number of pyridine rings is 1. The third kappa shape index (κ3) is 3.14. The van der Waals surface area contributed by atoms with Crippen LogP contribution in [0.5, 0.6) is 0 Å². The molecule has 3 aromatic heterocycles. The van der Waals surface area contributed by atoms with Gasteiger partial charge in [0.15, 0.2) is 5.82 Å². The fourth-order valence-corrected chi connectivity index (χ4v) is 1.81. The number of rotatable bonds is 5. The third-order valence-electron chi connectivity index (χ3n) is 2.75. The number of nitrogens with one attached hydrogen (secondary N) is 3. The van der Waals surface area contributed by atoms with Gasteiger partial charge in [-0.15, -0.1) is 0 Å². The maximum atomic E-state index is 10.9. The Morgan fingerprint density at radius 2 is 2.33 bits per heavy atom. The van der Waals surface area contributed by atoms with Crippen LogP contribution >= 0.6 is 0 Å². The topological polar surface area (TPSA) is 125 Å². The van der Waals surface area contributed by atoms with Gasteiger partial charge in [0.25, 0.3) is 5.89 Å². The molecule has 0 fully saturated rings. The van der Waals surface area contributed by atoms with Crippen molar-refractivity contribution in [3.8, 4) is 11.5 Å². The molecule has 0 saturated heterocycles. The highest BCUT2D eigenvalue weighted by Crippen LogP contribution is 2.18. The number of hydrogen-bond acceptors (Lipinski definition) is 7. The summed E-state index contributed by atoms with van der Waals surface area (Å²) < 4.78 is 5.11. The molecule has 3 heterocycles. The van der Waals surface area contributed by atoms with E-state index in [0.717, 1.165) is 5.56 Å². The van der Waals surface area contributed by atoms with E-state index in [1.807, 2.05) is 6.07 Å². The SMILES string of the molecule is Cc1noc(-c2ccnc(NCCc3n[nH]c(=O)[nH]3)c2)n1. The first-order valence-electron chi connectivity index (χ1n) is 6.35. The van der Waals surface area contributed by atoms with Crippen LogP contribution < -0.4 is 11.0 Å². The van der Waals surface area contributed by atoms with Crippen molar-refractivity contribution in [1.82, 2.24) is 30.3 Å². The first-order valence-corrected chi connectivity index (χ1v) is 6.35. The zero-order chi connectivity index (χ0) is 14.7. The smallest absolute Gasteiger partial charge is 0.340 e. The Morgan fingerprint density at radius 1 is 1.43 bits per heavy atom. The Bertz CT molecular complexity index is 789. The molecule has 9 nitrogen and oxygen atoms in total. The minimum atomic E-state index is -0.308. The van der Waals surface area contributed by atoms with E-state index in [1.165, 1.54) is 0 Å². The quantitative estimate of drug-likeness (QED) is 0.624. The highest BCUT2D eigenvalue weighted by Gasteiger charge is 2.07. The minimum absolute atomic E-state index is 0.308. The van der Waals surface area contributed by atoms with Gasteiger partial charge in [0, 0.05) is 24.7 Å². The first kappa shape index (κ1) is 13.0. The van der Waals surface area contributed by atoms with Crippen molar-refractivity contribution < 1.29 is 4.52 Å². The Kier molecular flexibility index (Phi) is 3.46. The van der Waals surface area contributed by atoms with E-state index in [9.17, 15) is 4.79 Å². The molecule has 0 aliphatic carbocycles. The minimum Gasteiger partial charge on any atom is -0.370 e. The highest BCUT2D eigenvalue weighted by molar-refractivity contribution is 5.57. The Balaban J connectivity index is 1.64. The van der Waals surface area contributed by atoms with Gasteiger partial charge in [-0.1, -0.05) is 5.16 Å². The molecule has 108 valence electrons. The average molecular weight is 287 g/mol. The van der Waals surface area contributed by atoms with Gasteiger partial charge in [0.1, 0.15) is 11.6 Å². The standard InChI is InChI=1S/C12H13N7O2/c1-7-15-11(21-19-7)8-2-4-13-10(6-8)14-5-3-9-16-12(20)18-17-9/h2,4,6H,3,5H2,1H3,(H,13,14)(H2,16,17,18,20). The molecule has 0 aromatic carbocycles. The number of aryl methyl sites for hydroxylation is 1. The van der Waals surface area contributed by atoms with Crippen molar-refractivity contribution in [2.75, 3.05) is 11.9 Å². The molecule has 21 heavy (non-hydrogen) atoms. The van der Waals surface area contributed by atoms with Crippen LogP contribution in [0.3, 0.4) is 0 Å². The van der Waals surface area contributed by atoms with Gasteiger partial charge in [0.2, 0.25) is 0 Å². The van der Waals surface area contributed by atoms with E-state index in [-0.39, 0.29) is 5.69 Å². The Labute approximate surface area is 118 Å². The van der Waals surface area contributed by atoms with Crippen LogP contribution in [0.4, 0.5) is 5.82 Å². The van der Waals surface area contributed by atoms with Gasteiger partial charge in [-0.25, -0.2) is 14.9 Å². The summed E-state index contributed by atoms with van der Waals surface area (Å²) in [5.41, 5.74) is 0.484. The number of aromatic amines is 2. The predicted octanol–water partition coefficient (Wildman–Crippen LogP) is 0.506. The third-order valence-corrected chi connectivity index (χ3v) is 2.75. The van der Waals surface area contributed by atoms with Crippen LogP contribution in [-0.2, 0) is 6.42 Å². The van der Waals surface area contributed by atoms with Crippen LogP contribution in [0.1, 0.15) is 11.6 Å².